The molecular formula is C59H41N3. The maximum atomic E-state index is 9.57. The van der Waals surface area contributed by atoms with E-state index in [0.29, 0.717) is 23.2 Å². The molecule has 0 bridgehead atoms. The van der Waals surface area contributed by atoms with Gasteiger partial charge in [0.1, 0.15) is 0 Å². The fourth-order valence-corrected chi connectivity index (χ4v) is 11.5. The molecule has 2 heterocycles. The van der Waals surface area contributed by atoms with E-state index in [9.17, 15) is 5.26 Å². The molecule has 3 aliphatic rings. The van der Waals surface area contributed by atoms with Gasteiger partial charge in [-0.2, -0.15) is 5.26 Å². The predicted molar refractivity (Wildman–Crippen MR) is 255 cm³/mol. The summed E-state index contributed by atoms with van der Waals surface area (Å²) < 4.78 is 2.75. The van der Waals surface area contributed by atoms with Gasteiger partial charge in [-0.3, -0.25) is 0 Å². The predicted octanol–water partition coefficient (Wildman–Crippen LogP) is 15.4. The number of benzene rings is 8. The monoisotopic (exact) mass is 791 g/mol. The van der Waals surface area contributed by atoms with Crippen molar-refractivity contribution in [2.75, 3.05) is 0 Å². The third-order valence-electron chi connectivity index (χ3n) is 14.2. The average molecular weight is 792 g/mol. The summed E-state index contributed by atoms with van der Waals surface area (Å²) in [6.45, 7) is 7.54. The summed E-state index contributed by atoms with van der Waals surface area (Å²) in [5, 5.41) is 12.2. The molecule has 62 heavy (non-hydrogen) atoms. The molecule has 1 unspecified atom stereocenters. The molecule has 0 saturated heterocycles. The largest absolute Gasteiger partial charge is 0.337 e. The van der Waals surface area contributed by atoms with Gasteiger partial charge in [-0.15, -0.1) is 0 Å². The van der Waals surface area contributed by atoms with Crippen molar-refractivity contribution in [3.8, 4) is 50.6 Å². The molecule has 0 N–H and O–H groups in total. The Morgan fingerprint density at radius 1 is 0.516 bits per heavy atom. The Morgan fingerprint density at radius 2 is 1.06 bits per heavy atom. The summed E-state index contributed by atoms with van der Waals surface area (Å²) in [4.78, 5) is 3.67. The van der Waals surface area contributed by atoms with E-state index in [2.05, 4.69) is 167 Å². The molecule has 0 amide bonds. The smallest absolute Gasteiger partial charge is 0.187 e. The first-order valence-corrected chi connectivity index (χ1v) is 21.8. The summed E-state index contributed by atoms with van der Waals surface area (Å²) in [6, 6.07) is 66.7. The van der Waals surface area contributed by atoms with Crippen molar-refractivity contribution < 1.29 is 0 Å². The van der Waals surface area contributed by atoms with Gasteiger partial charge in [0.15, 0.2) is 5.69 Å². The van der Waals surface area contributed by atoms with E-state index in [1.54, 1.807) is 0 Å². The van der Waals surface area contributed by atoms with Crippen molar-refractivity contribution in [3.63, 3.8) is 0 Å². The average Bonchev–Trinajstić information content (AvgIpc) is 3.62. The molecule has 1 fully saturated rings. The van der Waals surface area contributed by atoms with Gasteiger partial charge in [0.2, 0.25) is 0 Å². The molecule has 3 atom stereocenters. The summed E-state index contributed by atoms with van der Waals surface area (Å²) in [6.07, 6.45) is 9.44. The Labute approximate surface area is 362 Å². The van der Waals surface area contributed by atoms with Crippen LogP contribution in [0.2, 0.25) is 0 Å². The van der Waals surface area contributed by atoms with Crippen LogP contribution in [0.1, 0.15) is 65.1 Å². The van der Waals surface area contributed by atoms with E-state index < -0.39 is 5.41 Å². The molecule has 9 aromatic rings. The Morgan fingerprint density at radius 3 is 1.71 bits per heavy atom. The van der Waals surface area contributed by atoms with E-state index in [1.807, 2.05) is 36.4 Å². The number of hydrogen-bond acceptors (Lipinski definition) is 1. The third-order valence-corrected chi connectivity index (χ3v) is 14.2. The lowest BCUT2D eigenvalue weighted by atomic mass is 9.54. The lowest BCUT2D eigenvalue weighted by Gasteiger charge is -2.52. The van der Waals surface area contributed by atoms with Crippen molar-refractivity contribution >= 4 is 39.6 Å². The lowest BCUT2D eigenvalue weighted by Crippen LogP contribution is -2.47. The molecule has 3 heteroatoms. The Bertz CT molecular complexity index is 3230. The van der Waals surface area contributed by atoms with Crippen LogP contribution in [0.5, 0.6) is 0 Å². The zero-order valence-corrected chi connectivity index (χ0v) is 34.2. The number of fused-ring (bicyclic) bond motifs is 11. The second kappa shape index (κ2) is 14.2. The maximum Gasteiger partial charge on any atom is 0.187 e. The Hall–Kier alpha value is -7.72. The quantitative estimate of drug-likeness (QED) is 0.163. The van der Waals surface area contributed by atoms with Gasteiger partial charge in [0.05, 0.1) is 29.1 Å². The standard InChI is InChI=1S/C59H41N3/c1-61-49-12-7-11-46(34-49)40-21-25-42(26-22-40)48-32-30-44-28-27-43-29-31-47(41-23-19-39(20-24-41)45-10-6-9-38(33-45)37-60)35-54(43)59(55(44)36-48)52-15-3-5-18-57(52)62-56-17-4-2-13-50(56)51-14-8-16-53(59)58(51)62/h2,4,6-14,16-17,19-36,52,57H,3,5,15,18H2/t52?,57-,59+/m0/s1. The third kappa shape index (κ3) is 5.42. The molecule has 3 nitrogen and oxygen atoms in total. The number of nitriles is 1. The molecule has 2 aliphatic carbocycles. The number of aromatic nitrogens is 1. The van der Waals surface area contributed by atoms with Crippen LogP contribution in [0.15, 0.2) is 176 Å². The fourth-order valence-electron chi connectivity index (χ4n) is 11.5. The summed E-state index contributed by atoms with van der Waals surface area (Å²) >= 11 is 0. The first kappa shape index (κ1) is 36.2. The van der Waals surface area contributed by atoms with Gasteiger partial charge in [0, 0.05) is 22.3 Å². The van der Waals surface area contributed by atoms with Crippen LogP contribution in [0.3, 0.4) is 0 Å². The molecule has 1 aliphatic heterocycles. The first-order chi connectivity index (χ1) is 30.6. The van der Waals surface area contributed by atoms with Gasteiger partial charge in [-0.05, 0) is 127 Å². The SMILES string of the molecule is [C-]#[N+]c1cccc(-c2ccc(-c3ccc4c(c3)[C@@]3(c5cc(-c6ccc(-c7cccc(C#N)c7)cc6)ccc5C=C4)c4cccc5c6ccccc6n(c45)[C@H]4CCCCC43)cc2)c1. The van der Waals surface area contributed by atoms with Crippen molar-refractivity contribution in [1.82, 2.24) is 4.57 Å². The van der Waals surface area contributed by atoms with Crippen LogP contribution in [-0.4, -0.2) is 4.57 Å². The van der Waals surface area contributed by atoms with Crippen molar-refractivity contribution in [2.45, 2.75) is 37.1 Å². The van der Waals surface area contributed by atoms with Crippen LogP contribution >= 0.6 is 0 Å². The zero-order valence-electron chi connectivity index (χ0n) is 34.2. The second-order valence-electron chi connectivity index (χ2n) is 17.3. The molecule has 8 aromatic carbocycles. The van der Waals surface area contributed by atoms with E-state index >= 15 is 0 Å². The van der Waals surface area contributed by atoms with E-state index in [1.165, 1.54) is 84.7 Å². The minimum absolute atomic E-state index is 0.319. The van der Waals surface area contributed by atoms with Gasteiger partial charge in [-0.25, -0.2) is 4.85 Å². The molecule has 12 rings (SSSR count). The maximum absolute atomic E-state index is 9.57. The highest BCUT2D eigenvalue weighted by Crippen LogP contribution is 2.62. The van der Waals surface area contributed by atoms with Crippen LogP contribution in [0, 0.1) is 23.8 Å². The van der Waals surface area contributed by atoms with Gasteiger partial charge < -0.3 is 4.57 Å². The first-order valence-electron chi connectivity index (χ1n) is 21.8. The van der Waals surface area contributed by atoms with Crippen LogP contribution in [0.4, 0.5) is 5.69 Å². The molecule has 1 aromatic heterocycles. The highest BCUT2D eigenvalue weighted by Gasteiger charge is 2.54. The van der Waals surface area contributed by atoms with Crippen molar-refractivity contribution in [2.24, 2.45) is 5.92 Å². The number of para-hydroxylation sites is 2. The van der Waals surface area contributed by atoms with E-state index in [-0.39, 0.29) is 0 Å². The van der Waals surface area contributed by atoms with Gasteiger partial charge in [-0.1, -0.05) is 165 Å². The topological polar surface area (TPSA) is 33.1 Å². The minimum atomic E-state index is -0.438. The highest BCUT2D eigenvalue weighted by molar-refractivity contribution is 6.10. The van der Waals surface area contributed by atoms with Gasteiger partial charge >= 0.3 is 0 Å². The molecule has 1 saturated carbocycles. The molecular weight excluding hydrogens is 751 g/mol. The van der Waals surface area contributed by atoms with Crippen molar-refractivity contribution in [1.29, 1.82) is 5.26 Å². The molecule has 1 spiro atoms. The van der Waals surface area contributed by atoms with Crippen molar-refractivity contribution in [3.05, 3.63) is 221 Å². The normalized spacial score (nSPS) is 18.4. The van der Waals surface area contributed by atoms with E-state index in [0.717, 1.165) is 35.1 Å². The second-order valence-corrected chi connectivity index (χ2v) is 17.3. The number of rotatable bonds is 4. The summed E-state index contributed by atoms with van der Waals surface area (Å²) in [7, 11) is 0. The van der Waals surface area contributed by atoms with Crippen LogP contribution < -0.4 is 0 Å². The number of hydrogen-bond donors (Lipinski definition) is 0. The number of nitrogens with zero attached hydrogens (tertiary/aromatic N) is 3. The summed E-state index contributed by atoms with van der Waals surface area (Å²) in [5.41, 5.74) is 19.4. The van der Waals surface area contributed by atoms with Crippen LogP contribution in [-0.2, 0) is 5.41 Å². The highest BCUT2D eigenvalue weighted by atomic mass is 15.1. The van der Waals surface area contributed by atoms with E-state index in [4.69, 9.17) is 6.57 Å². The molecule has 292 valence electrons. The van der Waals surface area contributed by atoms with Gasteiger partial charge in [0.25, 0.3) is 0 Å². The lowest BCUT2D eigenvalue weighted by molar-refractivity contribution is 0.176. The zero-order chi connectivity index (χ0) is 41.4. The molecule has 0 radical (unpaired) electrons. The Kier molecular flexibility index (Phi) is 8.28. The minimum Gasteiger partial charge on any atom is -0.337 e. The summed E-state index contributed by atoms with van der Waals surface area (Å²) in [5.74, 6) is 0.319. The fraction of sp³-hybridized carbons (Fsp3) is 0.119. The van der Waals surface area contributed by atoms with Crippen LogP contribution in [0.25, 0.3) is 83.3 Å². The Balaban J connectivity index is 1.10.